The molecule has 0 saturated carbocycles. The van der Waals surface area contributed by atoms with Crippen LogP contribution in [0.3, 0.4) is 0 Å². The maximum Gasteiger partial charge on any atom is 0.273 e. The smallest absolute Gasteiger partial charge is 0.273 e. The van der Waals surface area contributed by atoms with E-state index in [9.17, 15) is 12.8 Å². The largest absolute Gasteiger partial charge is 0.375 e. The molecule has 102 valence electrons. The van der Waals surface area contributed by atoms with E-state index in [1.54, 1.807) is 0 Å². The lowest BCUT2D eigenvalue weighted by Crippen LogP contribution is -2.12. The van der Waals surface area contributed by atoms with Gasteiger partial charge in [-0.25, -0.2) is 17.8 Å². The van der Waals surface area contributed by atoms with Gasteiger partial charge in [-0.05, 0) is 25.1 Å². The Morgan fingerprint density at radius 2 is 2.16 bits per heavy atom. The summed E-state index contributed by atoms with van der Waals surface area (Å²) in [5, 5.41) is 0.0707. The van der Waals surface area contributed by atoms with Crippen LogP contribution in [0.5, 0.6) is 0 Å². The Morgan fingerprint density at radius 3 is 2.68 bits per heavy atom. The SMILES string of the molecule is Cc1nc(N)sc1S(=O)(=O)Nc1ccc(Cl)c(F)c1. The first-order valence-corrected chi connectivity index (χ1v) is 7.68. The first kappa shape index (κ1) is 14.0. The zero-order chi connectivity index (χ0) is 14.2. The first-order valence-electron chi connectivity index (χ1n) is 5.00. The van der Waals surface area contributed by atoms with Crippen LogP contribution in [0.25, 0.3) is 0 Å². The van der Waals surface area contributed by atoms with Crippen molar-refractivity contribution in [3.05, 3.63) is 34.7 Å². The number of thiazole rings is 1. The third kappa shape index (κ3) is 2.96. The van der Waals surface area contributed by atoms with E-state index in [1.807, 2.05) is 0 Å². The molecule has 0 atom stereocenters. The number of aromatic nitrogens is 1. The van der Waals surface area contributed by atoms with Crippen molar-refractivity contribution < 1.29 is 12.8 Å². The monoisotopic (exact) mass is 321 g/mol. The van der Waals surface area contributed by atoms with Gasteiger partial charge in [0, 0.05) is 0 Å². The molecule has 5 nitrogen and oxygen atoms in total. The zero-order valence-corrected chi connectivity index (χ0v) is 12.0. The van der Waals surface area contributed by atoms with Crippen molar-refractivity contribution in [1.82, 2.24) is 4.98 Å². The van der Waals surface area contributed by atoms with E-state index >= 15 is 0 Å². The van der Waals surface area contributed by atoms with Crippen LogP contribution in [0.2, 0.25) is 5.02 Å². The minimum atomic E-state index is -3.84. The van der Waals surface area contributed by atoms with Gasteiger partial charge in [0.1, 0.15) is 5.82 Å². The van der Waals surface area contributed by atoms with Crippen LogP contribution in [0.15, 0.2) is 22.4 Å². The maximum absolute atomic E-state index is 13.2. The first-order chi connectivity index (χ1) is 8.79. The summed E-state index contributed by atoms with van der Waals surface area (Å²) < 4.78 is 39.6. The molecule has 2 rings (SSSR count). The Labute approximate surface area is 118 Å². The molecule has 0 fully saturated rings. The van der Waals surface area contributed by atoms with Gasteiger partial charge in [-0.15, -0.1) is 0 Å². The number of nitrogens with one attached hydrogen (secondary N) is 1. The fraction of sp³-hybridized carbons (Fsp3) is 0.100. The van der Waals surface area contributed by atoms with E-state index in [0.717, 1.165) is 17.4 Å². The highest BCUT2D eigenvalue weighted by molar-refractivity contribution is 7.94. The van der Waals surface area contributed by atoms with Crippen LogP contribution in [-0.2, 0) is 10.0 Å². The van der Waals surface area contributed by atoms with Gasteiger partial charge in [-0.1, -0.05) is 22.9 Å². The number of rotatable bonds is 3. The number of hydrogen-bond donors (Lipinski definition) is 2. The molecule has 0 saturated heterocycles. The minimum Gasteiger partial charge on any atom is -0.375 e. The quantitative estimate of drug-likeness (QED) is 0.910. The molecule has 1 heterocycles. The number of aryl methyl sites for hydroxylation is 1. The van der Waals surface area contributed by atoms with Crippen molar-refractivity contribution in [1.29, 1.82) is 0 Å². The standard InChI is InChI=1S/C10H9ClFN3O2S2/c1-5-9(18-10(13)14-5)19(16,17)15-6-2-3-7(11)8(12)4-6/h2-4,15H,1H3,(H2,13,14). The summed E-state index contributed by atoms with van der Waals surface area (Å²) in [4.78, 5) is 3.83. The topological polar surface area (TPSA) is 85.1 Å². The van der Waals surface area contributed by atoms with Crippen LogP contribution in [0, 0.1) is 12.7 Å². The molecule has 19 heavy (non-hydrogen) atoms. The molecule has 0 spiro atoms. The summed E-state index contributed by atoms with van der Waals surface area (Å²) in [6.07, 6.45) is 0. The lowest BCUT2D eigenvalue weighted by atomic mass is 10.3. The molecule has 1 aromatic heterocycles. The third-order valence-electron chi connectivity index (χ3n) is 2.19. The number of benzene rings is 1. The van der Waals surface area contributed by atoms with E-state index in [1.165, 1.54) is 19.1 Å². The molecule has 0 bridgehead atoms. The molecule has 1 aromatic carbocycles. The van der Waals surface area contributed by atoms with Crippen molar-refractivity contribution in [2.75, 3.05) is 10.5 Å². The number of anilines is 2. The van der Waals surface area contributed by atoms with Crippen molar-refractivity contribution >= 4 is 43.8 Å². The number of nitrogen functional groups attached to an aromatic ring is 1. The van der Waals surface area contributed by atoms with E-state index in [-0.39, 0.29) is 20.1 Å². The molecular formula is C10H9ClFN3O2S2. The van der Waals surface area contributed by atoms with Crippen LogP contribution < -0.4 is 10.5 Å². The lowest BCUT2D eigenvalue weighted by Gasteiger charge is -2.07. The summed E-state index contributed by atoms with van der Waals surface area (Å²) in [5.41, 5.74) is 5.82. The number of halogens is 2. The second-order valence-corrected chi connectivity index (χ2v) is 6.97. The van der Waals surface area contributed by atoms with Crippen LogP contribution in [0.1, 0.15) is 5.69 Å². The van der Waals surface area contributed by atoms with E-state index < -0.39 is 15.8 Å². The molecule has 9 heteroatoms. The van der Waals surface area contributed by atoms with Gasteiger partial charge in [-0.3, -0.25) is 4.72 Å². The van der Waals surface area contributed by atoms with Crippen molar-refractivity contribution in [2.45, 2.75) is 11.1 Å². The van der Waals surface area contributed by atoms with Crippen molar-refractivity contribution in [3.63, 3.8) is 0 Å². The van der Waals surface area contributed by atoms with Gasteiger partial charge < -0.3 is 5.73 Å². The summed E-state index contributed by atoms with van der Waals surface area (Å²) in [5.74, 6) is -0.706. The number of nitrogens with two attached hydrogens (primary N) is 1. The van der Waals surface area contributed by atoms with Crippen LogP contribution in [0.4, 0.5) is 15.2 Å². The second-order valence-electron chi connectivity index (χ2n) is 3.66. The molecule has 2 aromatic rings. The average Bonchev–Trinajstić information content (AvgIpc) is 2.63. The number of nitrogens with zero attached hydrogens (tertiary/aromatic N) is 1. The van der Waals surface area contributed by atoms with Gasteiger partial charge >= 0.3 is 0 Å². The molecule has 0 aliphatic heterocycles. The molecule has 0 unspecified atom stereocenters. The lowest BCUT2D eigenvalue weighted by molar-refractivity contribution is 0.602. The Balaban J connectivity index is 2.36. The molecule has 3 N–H and O–H groups in total. The fourth-order valence-corrected chi connectivity index (χ4v) is 3.88. The highest BCUT2D eigenvalue weighted by Gasteiger charge is 2.21. The van der Waals surface area contributed by atoms with E-state index in [4.69, 9.17) is 17.3 Å². The predicted octanol–water partition coefficient (Wildman–Crippen LogP) is 2.63. The predicted molar refractivity (Wildman–Crippen MR) is 73.5 cm³/mol. The Bertz CT molecular complexity index is 730. The van der Waals surface area contributed by atoms with Crippen molar-refractivity contribution in [3.8, 4) is 0 Å². The second kappa shape index (κ2) is 4.95. The molecule has 0 radical (unpaired) electrons. The van der Waals surface area contributed by atoms with Crippen molar-refractivity contribution in [2.24, 2.45) is 0 Å². The van der Waals surface area contributed by atoms with Gasteiger partial charge in [0.05, 0.1) is 16.4 Å². The normalized spacial score (nSPS) is 11.5. The molecular weight excluding hydrogens is 313 g/mol. The Hall–Kier alpha value is -1.38. The molecule has 0 amide bonds. The van der Waals surface area contributed by atoms with E-state index in [0.29, 0.717) is 5.69 Å². The summed E-state index contributed by atoms with van der Waals surface area (Å²) >= 11 is 6.37. The Kier molecular flexibility index (Phi) is 3.66. The van der Waals surface area contributed by atoms with Gasteiger partial charge in [0.15, 0.2) is 9.34 Å². The maximum atomic E-state index is 13.2. The Morgan fingerprint density at radius 1 is 1.47 bits per heavy atom. The minimum absolute atomic E-state index is 0.000332. The van der Waals surface area contributed by atoms with Gasteiger partial charge in [0.2, 0.25) is 0 Å². The highest BCUT2D eigenvalue weighted by atomic mass is 35.5. The van der Waals surface area contributed by atoms with Gasteiger partial charge in [0.25, 0.3) is 10.0 Å². The summed E-state index contributed by atoms with van der Waals surface area (Å²) in [6, 6.07) is 3.63. The van der Waals surface area contributed by atoms with Crippen LogP contribution in [-0.4, -0.2) is 13.4 Å². The average molecular weight is 322 g/mol. The van der Waals surface area contributed by atoms with Gasteiger partial charge in [-0.2, -0.15) is 0 Å². The van der Waals surface area contributed by atoms with E-state index in [2.05, 4.69) is 9.71 Å². The number of hydrogen-bond acceptors (Lipinski definition) is 5. The zero-order valence-electron chi connectivity index (χ0n) is 9.65. The molecule has 0 aliphatic carbocycles. The number of sulfonamides is 1. The fourth-order valence-electron chi connectivity index (χ4n) is 1.41. The van der Waals surface area contributed by atoms with Crippen LogP contribution >= 0.6 is 22.9 Å². The highest BCUT2D eigenvalue weighted by Crippen LogP contribution is 2.27. The third-order valence-corrected chi connectivity index (χ3v) is 5.47. The molecule has 0 aliphatic rings. The summed E-state index contributed by atoms with van der Waals surface area (Å²) in [7, 11) is -3.84. The summed E-state index contributed by atoms with van der Waals surface area (Å²) in [6.45, 7) is 1.53.